The average Bonchev–Trinajstić information content (AvgIpc) is 2.72. The molecule has 0 bridgehead atoms. The first-order valence-electron chi connectivity index (χ1n) is 5.62. The molecule has 0 spiro atoms. The van der Waals surface area contributed by atoms with Crippen LogP contribution in [-0.2, 0) is 11.8 Å². The summed E-state index contributed by atoms with van der Waals surface area (Å²) in [4.78, 5) is 2.42. The zero-order chi connectivity index (χ0) is 11.2. The summed E-state index contributed by atoms with van der Waals surface area (Å²) >= 11 is 0. The number of nitrogens with one attached hydrogen (secondary N) is 1. The van der Waals surface area contributed by atoms with Crippen LogP contribution in [0.3, 0.4) is 0 Å². The summed E-state index contributed by atoms with van der Waals surface area (Å²) in [6.07, 6.45) is 1.09. The number of hydrogen-bond donors (Lipinski definition) is 1. The Labute approximate surface area is 94.8 Å². The molecule has 1 aromatic rings. The Kier molecular flexibility index (Phi) is 4.06. The number of rotatable bonds is 5. The number of hydrogen-bond acceptors (Lipinski definition) is 6. The molecule has 1 aliphatic rings. The fourth-order valence-corrected chi connectivity index (χ4v) is 1.71. The van der Waals surface area contributed by atoms with Gasteiger partial charge in [-0.3, -0.25) is 4.90 Å². The Morgan fingerprint density at radius 3 is 2.88 bits per heavy atom. The van der Waals surface area contributed by atoms with Gasteiger partial charge in [0.1, 0.15) is 0 Å². The van der Waals surface area contributed by atoms with E-state index in [1.54, 1.807) is 4.68 Å². The standard InChI is InChI=1S/C9H18N6O/c1-14-9(11-12-13-14)10-3-2-4-15-5-7-16-8-6-15/h2-8H2,1H3,(H,10,11,13). The van der Waals surface area contributed by atoms with Gasteiger partial charge in [0.05, 0.1) is 13.2 Å². The minimum atomic E-state index is 0.724. The van der Waals surface area contributed by atoms with Gasteiger partial charge in [0.15, 0.2) is 0 Å². The van der Waals surface area contributed by atoms with E-state index < -0.39 is 0 Å². The van der Waals surface area contributed by atoms with E-state index in [0.29, 0.717) is 0 Å². The first-order valence-corrected chi connectivity index (χ1v) is 5.62. The Morgan fingerprint density at radius 1 is 1.38 bits per heavy atom. The molecule has 0 saturated carbocycles. The SMILES string of the molecule is Cn1nnnc1NCCCN1CCOCC1. The van der Waals surface area contributed by atoms with Crippen molar-refractivity contribution < 1.29 is 4.74 Å². The van der Waals surface area contributed by atoms with Crippen LogP contribution in [0.2, 0.25) is 0 Å². The van der Waals surface area contributed by atoms with E-state index in [9.17, 15) is 0 Å². The Hall–Kier alpha value is -1.21. The molecule has 7 heteroatoms. The molecule has 1 N–H and O–H groups in total. The second kappa shape index (κ2) is 5.76. The molecule has 0 unspecified atom stereocenters. The Bertz CT molecular complexity index is 309. The van der Waals surface area contributed by atoms with Crippen LogP contribution in [0, 0.1) is 0 Å². The fourth-order valence-electron chi connectivity index (χ4n) is 1.71. The summed E-state index contributed by atoms with van der Waals surface area (Å²) in [6, 6.07) is 0. The molecule has 0 radical (unpaired) electrons. The molecule has 1 saturated heterocycles. The third-order valence-electron chi connectivity index (χ3n) is 2.66. The zero-order valence-electron chi connectivity index (χ0n) is 9.59. The van der Waals surface area contributed by atoms with E-state index in [1.807, 2.05) is 7.05 Å². The maximum Gasteiger partial charge on any atom is 0.242 e. The van der Waals surface area contributed by atoms with Gasteiger partial charge >= 0.3 is 0 Å². The lowest BCUT2D eigenvalue weighted by Crippen LogP contribution is -2.37. The lowest BCUT2D eigenvalue weighted by molar-refractivity contribution is 0.0378. The highest BCUT2D eigenvalue weighted by Crippen LogP contribution is 1.99. The first kappa shape index (κ1) is 11.3. The van der Waals surface area contributed by atoms with Crippen LogP contribution in [0.4, 0.5) is 5.95 Å². The quantitative estimate of drug-likeness (QED) is 0.673. The van der Waals surface area contributed by atoms with Crippen LogP contribution in [-0.4, -0.2) is 64.5 Å². The molecule has 16 heavy (non-hydrogen) atoms. The number of nitrogens with zero attached hydrogens (tertiary/aromatic N) is 5. The highest BCUT2D eigenvalue weighted by Gasteiger charge is 2.09. The third kappa shape index (κ3) is 3.14. The van der Waals surface area contributed by atoms with Crippen LogP contribution in [0.1, 0.15) is 6.42 Å². The topological polar surface area (TPSA) is 68.1 Å². The minimum Gasteiger partial charge on any atom is -0.379 e. The molecule has 0 aromatic carbocycles. The molecule has 1 aliphatic heterocycles. The van der Waals surface area contributed by atoms with Gasteiger partial charge in [-0.25, -0.2) is 4.68 Å². The van der Waals surface area contributed by atoms with Gasteiger partial charge in [-0.15, -0.1) is 0 Å². The van der Waals surface area contributed by atoms with Crippen molar-refractivity contribution in [3.8, 4) is 0 Å². The minimum absolute atomic E-state index is 0.724. The number of anilines is 1. The van der Waals surface area contributed by atoms with E-state index in [4.69, 9.17) is 4.74 Å². The van der Waals surface area contributed by atoms with Gasteiger partial charge in [-0.2, -0.15) is 0 Å². The predicted molar refractivity (Wildman–Crippen MR) is 59.2 cm³/mol. The van der Waals surface area contributed by atoms with Crippen LogP contribution in [0.15, 0.2) is 0 Å². The smallest absolute Gasteiger partial charge is 0.242 e. The van der Waals surface area contributed by atoms with E-state index in [1.165, 1.54) is 0 Å². The summed E-state index contributed by atoms with van der Waals surface area (Å²) in [5.41, 5.74) is 0. The maximum absolute atomic E-state index is 5.29. The summed E-state index contributed by atoms with van der Waals surface area (Å²) in [6.45, 7) is 5.81. The van der Waals surface area contributed by atoms with E-state index in [-0.39, 0.29) is 0 Å². The van der Waals surface area contributed by atoms with Crippen LogP contribution < -0.4 is 5.32 Å². The maximum atomic E-state index is 5.29. The molecule has 7 nitrogen and oxygen atoms in total. The lowest BCUT2D eigenvalue weighted by atomic mass is 10.3. The summed E-state index contributed by atoms with van der Waals surface area (Å²) in [5, 5.41) is 14.4. The third-order valence-corrected chi connectivity index (χ3v) is 2.66. The van der Waals surface area contributed by atoms with Crippen molar-refractivity contribution in [3.05, 3.63) is 0 Å². The molecule has 0 aliphatic carbocycles. The molecule has 0 atom stereocenters. The van der Waals surface area contributed by atoms with Crippen molar-refractivity contribution in [1.82, 2.24) is 25.1 Å². The second-order valence-electron chi connectivity index (χ2n) is 3.86. The zero-order valence-corrected chi connectivity index (χ0v) is 9.59. The van der Waals surface area contributed by atoms with Gasteiger partial charge in [0.2, 0.25) is 5.95 Å². The van der Waals surface area contributed by atoms with E-state index in [0.717, 1.165) is 51.8 Å². The van der Waals surface area contributed by atoms with Gasteiger partial charge in [0.25, 0.3) is 0 Å². The molecular formula is C9H18N6O. The number of tetrazole rings is 1. The van der Waals surface area contributed by atoms with Crippen LogP contribution in [0.25, 0.3) is 0 Å². The predicted octanol–water partition coefficient (Wildman–Crippen LogP) is -0.656. The Morgan fingerprint density at radius 2 is 2.19 bits per heavy atom. The van der Waals surface area contributed by atoms with Gasteiger partial charge in [-0.05, 0) is 23.4 Å². The largest absolute Gasteiger partial charge is 0.379 e. The van der Waals surface area contributed by atoms with Crippen molar-refractivity contribution in [2.45, 2.75) is 6.42 Å². The molecule has 90 valence electrons. The normalized spacial score (nSPS) is 17.6. The highest BCUT2D eigenvalue weighted by atomic mass is 16.5. The van der Waals surface area contributed by atoms with Crippen molar-refractivity contribution in [2.24, 2.45) is 7.05 Å². The molecule has 2 rings (SSSR count). The van der Waals surface area contributed by atoms with Crippen molar-refractivity contribution in [3.63, 3.8) is 0 Å². The van der Waals surface area contributed by atoms with Gasteiger partial charge in [-0.1, -0.05) is 5.10 Å². The summed E-state index contributed by atoms with van der Waals surface area (Å²) in [7, 11) is 1.82. The fraction of sp³-hybridized carbons (Fsp3) is 0.889. The van der Waals surface area contributed by atoms with Crippen molar-refractivity contribution >= 4 is 5.95 Å². The number of ether oxygens (including phenoxy) is 1. The van der Waals surface area contributed by atoms with E-state index >= 15 is 0 Å². The number of morpholine rings is 1. The molecule has 2 heterocycles. The van der Waals surface area contributed by atoms with Crippen molar-refractivity contribution in [1.29, 1.82) is 0 Å². The van der Waals surface area contributed by atoms with Crippen LogP contribution >= 0.6 is 0 Å². The van der Waals surface area contributed by atoms with Gasteiger partial charge in [0, 0.05) is 26.7 Å². The number of aromatic nitrogens is 4. The first-order chi connectivity index (χ1) is 7.86. The lowest BCUT2D eigenvalue weighted by Gasteiger charge is -2.26. The molecular weight excluding hydrogens is 208 g/mol. The highest BCUT2D eigenvalue weighted by molar-refractivity contribution is 5.20. The van der Waals surface area contributed by atoms with E-state index in [2.05, 4.69) is 25.7 Å². The Balaban J connectivity index is 1.59. The molecule has 1 aromatic heterocycles. The summed E-state index contributed by atoms with van der Waals surface area (Å²) in [5.74, 6) is 0.724. The summed E-state index contributed by atoms with van der Waals surface area (Å²) < 4.78 is 6.93. The number of aryl methyl sites for hydroxylation is 1. The van der Waals surface area contributed by atoms with Gasteiger partial charge < -0.3 is 10.1 Å². The van der Waals surface area contributed by atoms with Crippen LogP contribution in [0.5, 0.6) is 0 Å². The van der Waals surface area contributed by atoms with Crippen molar-refractivity contribution in [2.75, 3.05) is 44.7 Å². The average molecular weight is 226 g/mol. The monoisotopic (exact) mass is 226 g/mol. The second-order valence-corrected chi connectivity index (χ2v) is 3.86. The molecule has 0 amide bonds. The molecule has 1 fully saturated rings.